The number of amides is 2. The molecule has 2 aromatic heterocycles. The van der Waals surface area contributed by atoms with Crippen LogP contribution in [-0.2, 0) is 11.3 Å². The lowest BCUT2D eigenvalue weighted by Crippen LogP contribution is -2.47. The van der Waals surface area contributed by atoms with Crippen molar-refractivity contribution in [3.8, 4) is 11.1 Å². The molecule has 0 bridgehead atoms. The Balaban J connectivity index is 1.28. The third kappa shape index (κ3) is 6.43. The zero-order valence-electron chi connectivity index (χ0n) is 26.4. The second-order valence-corrected chi connectivity index (χ2v) is 13.0. The minimum Gasteiger partial charge on any atom is -0.354 e. The highest BCUT2D eigenvalue weighted by Gasteiger charge is 2.48. The van der Waals surface area contributed by atoms with E-state index in [1.807, 2.05) is 58.2 Å². The van der Waals surface area contributed by atoms with E-state index in [-0.39, 0.29) is 29.3 Å². The molecule has 9 heteroatoms. The van der Waals surface area contributed by atoms with Crippen LogP contribution >= 0.6 is 0 Å². The summed E-state index contributed by atoms with van der Waals surface area (Å²) in [5.41, 5.74) is 5.18. The number of aromatic nitrogens is 2. The third-order valence-electron chi connectivity index (χ3n) is 9.82. The summed E-state index contributed by atoms with van der Waals surface area (Å²) in [7, 11) is 0. The van der Waals surface area contributed by atoms with Crippen molar-refractivity contribution in [3.63, 3.8) is 0 Å². The number of nitrogens with one attached hydrogen (secondary N) is 3. The van der Waals surface area contributed by atoms with E-state index in [1.165, 1.54) is 19.4 Å². The molecule has 1 aliphatic heterocycles. The fourth-order valence-corrected chi connectivity index (χ4v) is 6.35. The van der Waals surface area contributed by atoms with Crippen LogP contribution in [0.15, 0.2) is 41.3 Å². The van der Waals surface area contributed by atoms with Gasteiger partial charge in [0.15, 0.2) is 0 Å². The maximum absolute atomic E-state index is 13.7. The van der Waals surface area contributed by atoms with E-state index in [2.05, 4.69) is 31.5 Å². The molecular formula is C35H44N6O3. The molecule has 3 N–H and O–H groups in total. The number of carbonyl (C=O) groups excluding carboxylic acids is 2. The number of aromatic amines is 1. The van der Waals surface area contributed by atoms with Gasteiger partial charge in [-0.15, -0.1) is 0 Å². The summed E-state index contributed by atoms with van der Waals surface area (Å²) in [5, 5.41) is 6.12. The summed E-state index contributed by atoms with van der Waals surface area (Å²) < 4.78 is 0. The van der Waals surface area contributed by atoms with Gasteiger partial charge >= 0.3 is 0 Å². The molecule has 3 aromatic rings. The highest BCUT2D eigenvalue weighted by atomic mass is 16.2. The molecule has 9 nitrogen and oxygen atoms in total. The number of benzene rings is 1. The Morgan fingerprint density at radius 2 is 1.77 bits per heavy atom. The largest absolute Gasteiger partial charge is 0.354 e. The van der Waals surface area contributed by atoms with Gasteiger partial charge in [-0.2, -0.15) is 0 Å². The van der Waals surface area contributed by atoms with Crippen LogP contribution in [0.1, 0.15) is 71.8 Å². The van der Waals surface area contributed by atoms with Gasteiger partial charge in [-0.25, -0.2) is 4.98 Å². The highest BCUT2D eigenvalue weighted by molar-refractivity contribution is 6.03. The Labute approximate surface area is 259 Å². The summed E-state index contributed by atoms with van der Waals surface area (Å²) in [5.74, 6) is 1.52. The fourth-order valence-electron chi connectivity index (χ4n) is 6.35. The number of nitrogens with zero attached hydrogens (tertiary/aromatic N) is 3. The van der Waals surface area contributed by atoms with Crippen LogP contribution in [0.2, 0.25) is 0 Å². The highest BCUT2D eigenvalue weighted by Crippen LogP contribution is 2.49. The zero-order valence-corrected chi connectivity index (χ0v) is 26.4. The SMILES string of the molecule is CCC1(C(=O)Nc2cc(-c3ccnc(N4CCN(CC5CC5)CC4)c3)cc(C(=O)NCc3c(C)cc(C)[nH]c3=O)c2C)CC1. The quantitative estimate of drug-likeness (QED) is 0.306. The first-order valence-corrected chi connectivity index (χ1v) is 16.0. The minimum atomic E-state index is -0.319. The molecule has 1 aromatic carbocycles. The van der Waals surface area contributed by atoms with Gasteiger partial charge in [-0.05, 0) is 111 Å². The lowest BCUT2D eigenvalue weighted by Gasteiger charge is -2.35. The number of piperazine rings is 1. The molecule has 0 spiro atoms. The van der Waals surface area contributed by atoms with Crippen molar-refractivity contribution >= 4 is 23.3 Å². The number of aryl methyl sites for hydroxylation is 2. The van der Waals surface area contributed by atoms with Gasteiger partial charge in [0.05, 0.1) is 0 Å². The van der Waals surface area contributed by atoms with E-state index in [9.17, 15) is 14.4 Å². The zero-order chi connectivity index (χ0) is 31.0. The van der Waals surface area contributed by atoms with E-state index in [0.29, 0.717) is 22.4 Å². The lowest BCUT2D eigenvalue weighted by atomic mass is 9.96. The van der Waals surface area contributed by atoms with E-state index in [4.69, 9.17) is 4.98 Å². The summed E-state index contributed by atoms with van der Waals surface area (Å²) in [6.07, 6.45) is 7.11. The first kappa shape index (κ1) is 30.1. The second kappa shape index (κ2) is 12.2. The predicted molar refractivity (Wildman–Crippen MR) is 174 cm³/mol. The van der Waals surface area contributed by atoms with Gasteiger partial charge in [-0.3, -0.25) is 19.3 Å². The predicted octanol–water partition coefficient (Wildman–Crippen LogP) is 4.95. The summed E-state index contributed by atoms with van der Waals surface area (Å²) in [4.78, 5) is 52.0. The van der Waals surface area contributed by atoms with Crippen LogP contribution in [-0.4, -0.2) is 59.4 Å². The molecule has 0 unspecified atom stereocenters. The van der Waals surface area contributed by atoms with Gasteiger partial charge in [0, 0.05) is 73.4 Å². The van der Waals surface area contributed by atoms with E-state index in [1.54, 1.807) is 0 Å². The molecule has 232 valence electrons. The van der Waals surface area contributed by atoms with Crippen molar-refractivity contribution < 1.29 is 9.59 Å². The Hall–Kier alpha value is -3.98. The third-order valence-corrected chi connectivity index (χ3v) is 9.82. The van der Waals surface area contributed by atoms with Gasteiger partial charge in [0.2, 0.25) is 5.91 Å². The molecule has 3 aliphatic rings. The standard InChI is InChI=1S/C35H44N6O3/c1-5-35(9-10-35)34(44)39-30-18-27(17-28(24(30)4)32(42)37-20-29-22(2)16-23(3)38-33(29)43)26-8-11-36-31(19-26)41-14-12-40(13-15-41)21-25-6-7-25/h8,11,16-19,25H,5-7,9-10,12-15,20-21H2,1-4H3,(H,37,42)(H,38,43)(H,39,44). The Bertz CT molecular complexity index is 1630. The number of hydrogen-bond acceptors (Lipinski definition) is 6. The summed E-state index contributed by atoms with van der Waals surface area (Å²) >= 11 is 0. The van der Waals surface area contributed by atoms with Gasteiger partial charge in [-0.1, -0.05) is 6.92 Å². The number of anilines is 2. The molecule has 1 saturated heterocycles. The van der Waals surface area contributed by atoms with Gasteiger partial charge in [0.25, 0.3) is 11.5 Å². The van der Waals surface area contributed by atoms with Crippen molar-refractivity contribution in [1.82, 2.24) is 20.2 Å². The number of rotatable bonds is 10. The van der Waals surface area contributed by atoms with E-state index in [0.717, 1.165) is 79.6 Å². The molecule has 2 aliphatic carbocycles. The molecule has 2 saturated carbocycles. The Morgan fingerprint density at radius 3 is 2.43 bits per heavy atom. The summed E-state index contributed by atoms with van der Waals surface area (Å²) in [6, 6.07) is 9.79. The van der Waals surface area contributed by atoms with Gasteiger partial charge in [0.1, 0.15) is 5.82 Å². The number of pyridine rings is 2. The molecule has 44 heavy (non-hydrogen) atoms. The molecule has 0 radical (unpaired) electrons. The molecule has 2 amide bonds. The smallest absolute Gasteiger partial charge is 0.253 e. The summed E-state index contributed by atoms with van der Waals surface area (Å²) in [6.45, 7) is 12.9. The maximum atomic E-state index is 13.7. The number of hydrogen-bond donors (Lipinski definition) is 3. The van der Waals surface area contributed by atoms with Crippen LogP contribution < -0.4 is 21.1 Å². The normalized spacial score (nSPS) is 17.8. The second-order valence-electron chi connectivity index (χ2n) is 13.0. The molecule has 0 atom stereocenters. The number of carbonyl (C=O) groups is 2. The molecular weight excluding hydrogens is 552 g/mol. The van der Waals surface area contributed by atoms with Crippen LogP contribution in [0.3, 0.4) is 0 Å². The molecule has 3 fully saturated rings. The fraction of sp³-hybridized carbons (Fsp3) is 0.486. The minimum absolute atomic E-state index is 0.00732. The Morgan fingerprint density at radius 1 is 1.02 bits per heavy atom. The van der Waals surface area contributed by atoms with Crippen LogP contribution in [0.25, 0.3) is 11.1 Å². The van der Waals surface area contributed by atoms with Gasteiger partial charge < -0.3 is 20.5 Å². The van der Waals surface area contributed by atoms with Crippen molar-refractivity contribution in [1.29, 1.82) is 0 Å². The van der Waals surface area contributed by atoms with Crippen molar-refractivity contribution in [2.75, 3.05) is 42.9 Å². The average molecular weight is 597 g/mol. The first-order valence-electron chi connectivity index (χ1n) is 16.0. The molecule has 3 heterocycles. The van der Waals surface area contributed by atoms with Crippen molar-refractivity contribution in [2.24, 2.45) is 11.3 Å². The van der Waals surface area contributed by atoms with Crippen molar-refractivity contribution in [3.05, 3.63) is 74.8 Å². The van der Waals surface area contributed by atoms with Crippen molar-refractivity contribution in [2.45, 2.75) is 66.3 Å². The van der Waals surface area contributed by atoms with Crippen LogP contribution in [0, 0.1) is 32.1 Å². The monoisotopic (exact) mass is 596 g/mol. The topological polar surface area (TPSA) is 110 Å². The lowest BCUT2D eigenvalue weighted by molar-refractivity contribution is -0.121. The average Bonchev–Trinajstić information content (AvgIpc) is 3.94. The molecule has 6 rings (SSSR count). The van der Waals surface area contributed by atoms with E-state index >= 15 is 0 Å². The Kier molecular flexibility index (Phi) is 8.33. The number of H-pyrrole nitrogens is 1. The van der Waals surface area contributed by atoms with E-state index < -0.39 is 0 Å². The van der Waals surface area contributed by atoms with Crippen LogP contribution in [0.4, 0.5) is 11.5 Å². The van der Waals surface area contributed by atoms with Crippen LogP contribution in [0.5, 0.6) is 0 Å². The maximum Gasteiger partial charge on any atom is 0.253 e. The first-order chi connectivity index (χ1) is 21.2.